The summed E-state index contributed by atoms with van der Waals surface area (Å²) < 4.78 is 27.4. The number of aromatic nitrogens is 3. The SMILES string of the molecule is C=C/C(C)=c1/nc(C(=O)N2CCc3ncccc3C2C(F)F)[nH]c1=C. The molecule has 0 radical (unpaired) electrons. The number of allylic oxidation sites excluding steroid dienone is 1. The summed E-state index contributed by atoms with van der Waals surface area (Å²) in [5.74, 6) is -0.577. The van der Waals surface area contributed by atoms with Crippen molar-refractivity contribution in [1.29, 1.82) is 0 Å². The Hall–Kier alpha value is -2.83. The third-order valence-corrected chi connectivity index (χ3v) is 4.33. The molecule has 0 aliphatic carbocycles. The number of nitrogens with zero attached hydrogens (tertiary/aromatic N) is 3. The maximum absolute atomic E-state index is 13.7. The normalized spacial score (nSPS) is 18.1. The van der Waals surface area contributed by atoms with Crippen LogP contribution in [0.5, 0.6) is 0 Å². The van der Waals surface area contributed by atoms with Gasteiger partial charge in [0.25, 0.3) is 12.3 Å². The fourth-order valence-electron chi connectivity index (χ4n) is 3.03. The van der Waals surface area contributed by atoms with Crippen molar-refractivity contribution < 1.29 is 13.6 Å². The highest BCUT2D eigenvalue weighted by Crippen LogP contribution is 2.33. The molecule has 0 saturated heterocycles. The van der Waals surface area contributed by atoms with Gasteiger partial charge in [0.05, 0.1) is 10.7 Å². The molecule has 1 atom stereocenters. The van der Waals surface area contributed by atoms with Crippen LogP contribution in [0.3, 0.4) is 0 Å². The Kier molecular flexibility index (Phi) is 4.48. The number of H-pyrrole nitrogens is 1. The molecular formula is C18H18F2N4O. The molecule has 2 aromatic heterocycles. The predicted octanol–water partition coefficient (Wildman–Crippen LogP) is 1.58. The zero-order valence-electron chi connectivity index (χ0n) is 13.8. The number of fused-ring (bicyclic) bond motifs is 1. The maximum Gasteiger partial charge on any atom is 0.290 e. The maximum atomic E-state index is 13.7. The van der Waals surface area contributed by atoms with Gasteiger partial charge in [0, 0.05) is 30.4 Å². The van der Waals surface area contributed by atoms with Gasteiger partial charge < -0.3 is 9.88 Å². The van der Waals surface area contributed by atoms with E-state index in [-0.39, 0.29) is 12.4 Å². The number of alkyl halides is 2. The molecule has 0 spiro atoms. The number of nitrogens with one attached hydrogen (secondary N) is 1. The van der Waals surface area contributed by atoms with Crippen LogP contribution < -0.4 is 10.7 Å². The van der Waals surface area contributed by atoms with E-state index in [9.17, 15) is 13.6 Å². The van der Waals surface area contributed by atoms with E-state index in [0.29, 0.717) is 28.4 Å². The Balaban J connectivity index is 2.03. The van der Waals surface area contributed by atoms with Crippen LogP contribution in [0.4, 0.5) is 8.78 Å². The number of pyridine rings is 1. The number of imidazole rings is 1. The molecule has 0 fully saturated rings. The van der Waals surface area contributed by atoms with Crippen LogP contribution in [0.1, 0.15) is 34.8 Å². The molecule has 1 unspecified atom stereocenters. The molecule has 0 saturated carbocycles. The van der Waals surface area contributed by atoms with Crippen LogP contribution >= 0.6 is 0 Å². The molecule has 7 heteroatoms. The highest BCUT2D eigenvalue weighted by molar-refractivity contribution is 5.91. The Morgan fingerprint density at radius 2 is 2.28 bits per heavy atom. The predicted molar refractivity (Wildman–Crippen MR) is 90.4 cm³/mol. The number of aromatic amines is 1. The van der Waals surface area contributed by atoms with Crippen LogP contribution in [-0.4, -0.2) is 38.7 Å². The zero-order chi connectivity index (χ0) is 18.1. The minimum atomic E-state index is -2.72. The van der Waals surface area contributed by atoms with Gasteiger partial charge >= 0.3 is 0 Å². The second-order valence-electron chi connectivity index (χ2n) is 5.87. The molecule has 0 bridgehead atoms. The highest BCUT2D eigenvalue weighted by Gasteiger charge is 2.38. The molecule has 5 nitrogen and oxygen atoms in total. The first-order chi connectivity index (χ1) is 11.9. The molecule has 130 valence electrons. The molecule has 1 aliphatic rings. The molecule has 1 N–H and O–H groups in total. The van der Waals surface area contributed by atoms with Crippen molar-refractivity contribution in [3.8, 4) is 0 Å². The molecule has 2 aromatic rings. The van der Waals surface area contributed by atoms with Gasteiger partial charge in [0.15, 0.2) is 5.82 Å². The summed E-state index contributed by atoms with van der Waals surface area (Å²) in [5, 5.41) is 0.958. The van der Waals surface area contributed by atoms with E-state index in [0.717, 1.165) is 10.5 Å². The molecule has 25 heavy (non-hydrogen) atoms. The van der Waals surface area contributed by atoms with E-state index < -0.39 is 18.4 Å². The van der Waals surface area contributed by atoms with Crippen molar-refractivity contribution in [1.82, 2.24) is 19.9 Å². The van der Waals surface area contributed by atoms with Crippen molar-refractivity contribution in [2.24, 2.45) is 0 Å². The topological polar surface area (TPSA) is 61.9 Å². The third kappa shape index (κ3) is 2.97. The van der Waals surface area contributed by atoms with Crippen molar-refractivity contribution in [3.05, 3.63) is 58.8 Å². The van der Waals surface area contributed by atoms with Gasteiger partial charge in [-0.3, -0.25) is 9.78 Å². The Morgan fingerprint density at radius 3 is 2.96 bits per heavy atom. The lowest BCUT2D eigenvalue weighted by molar-refractivity contribution is 0.0153. The minimum absolute atomic E-state index is 0.000750. The van der Waals surface area contributed by atoms with Crippen LogP contribution in [-0.2, 0) is 6.42 Å². The largest absolute Gasteiger partial charge is 0.334 e. The lowest BCUT2D eigenvalue weighted by atomic mass is 9.97. The molecule has 3 heterocycles. The molecule has 3 rings (SSSR count). The fraction of sp³-hybridized carbons (Fsp3) is 0.278. The summed E-state index contributed by atoms with van der Waals surface area (Å²) in [6.45, 7) is 9.42. The van der Waals surface area contributed by atoms with Gasteiger partial charge in [-0.25, -0.2) is 13.8 Å². The number of rotatable bonds is 3. The van der Waals surface area contributed by atoms with Gasteiger partial charge in [0.1, 0.15) is 6.04 Å². The van der Waals surface area contributed by atoms with Crippen LogP contribution in [0.2, 0.25) is 0 Å². The third-order valence-electron chi connectivity index (χ3n) is 4.33. The van der Waals surface area contributed by atoms with Crippen LogP contribution in [0.15, 0.2) is 31.0 Å². The van der Waals surface area contributed by atoms with Crippen LogP contribution in [0, 0.1) is 0 Å². The molecule has 1 amide bonds. The van der Waals surface area contributed by atoms with E-state index in [1.54, 1.807) is 31.3 Å². The summed E-state index contributed by atoms with van der Waals surface area (Å²) >= 11 is 0. The summed E-state index contributed by atoms with van der Waals surface area (Å²) in [6.07, 6.45) is 0.875. The number of amides is 1. The first-order valence-electron chi connectivity index (χ1n) is 7.85. The average molecular weight is 344 g/mol. The fourth-order valence-corrected chi connectivity index (χ4v) is 3.03. The van der Waals surface area contributed by atoms with E-state index >= 15 is 0 Å². The molecular weight excluding hydrogens is 326 g/mol. The Bertz CT molecular complexity index is 935. The lowest BCUT2D eigenvalue weighted by Gasteiger charge is -2.35. The summed E-state index contributed by atoms with van der Waals surface area (Å²) in [4.78, 5) is 25.1. The Morgan fingerprint density at radius 1 is 1.52 bits per heavy atom. The minimum Gasteiger partial charge on any atom is -0.334 e. The van der Waals surface area contributed by atoms with Gasteiger partial charge in [0.2, 0.25) is 0 Å². The lowest BCUT2D eigenvalue weighted by Crippen LogP contribution is -2.43. The summed E-state index contributed by atoms with van der Waals surface area (Å²) in [7, 11) is 0. The first-order valence-corrected chi connectivity index (χ1v) is 7.85. The van der Waals surface area contributed by atoms with Gasteiger partial charge in [-0.1, -0.05) is 25.3 Å². The van der Waals surface area contributed by atoms with E-state index in [2.05, 4.69) is 28.1 Å². The standard InChI is InChI=1S/C18H18F2N4O/c1-4-10(2)14-11(3)22-17(23-14)18(25)24-9-7-13-12(6-5-8-21-13)15(24)16(19)20/h4-6,8,15-16H,1,3,7,9H2,2H3,(H,22,23)/b14-10+. The monoisotopic (exact) mass is 344 g/mol. The second kappa shape index (κ2) is 6.58. The Labute approximate surface area is 143 Å². The summed E-state index contributed by atoms with van der Waals surface area (Å²) in [5.41, 5.74) is 1.73. The van der Waals surface area contributed by atoms with Crippen molar-refractivity contribution in [3.63, 3.8) is 0 Å². The quantitative estimate of drug-likeness (QED) is 0.920. The summed E-state index contributed by atoms with van der Waals surface area (Å²) in [6, 6.07) is 1.86. The van der Waals surface area contributed by atoms with E-state index in [1.165, 1.54) is 0 Å². The highest BCUT2D eigenvalue weighted by atomic mass is 19.3. The zero-order valence-corrected chi connectivity index (χ0v) is 13.8. The number of hydrogen-bond donors (Lipinski definition) is 1. The second-order valence-corrected chi connectivity index (χ2v) is 5.87. The van der Waals surface area contributed by atoms with Crippen molar-refractivity contribution in [2.75, 3.05) is 6.54 Å². The van der Waals surface area contributed by atoms with Gasteiger partial charge in [-0.2, -0.15) is 0 Å². The van der Waals surface area contributed by atoms with Crippen molar-refractivity contribution >= 4 is 18.1 Å². The molecule has 0 aromatic carbocycles. The number of halogens is 2. The molecule has 1 aliphatic heterocycles. The van der Waals surface area contributed by atoms with E-state index in [4.69, 9.17) is 0 Å². The number of carbonyl (C=O) groups excluding carboxylic acids is 1. The number of hydrogen-bond acceptors (Lipinski definition) is 3. The first kappa shape index (κ1) is 17.0. The van der Waals surface area contributed by atoms with Gasteiger partial charge in [-0.15, -0.1) is 0 Å². The number of carbonyl (C=O) groups is 1. The smallest absolute Gasteiger partial charge is 0.290 e. The van der Waals surface area contributed by atoms with Crippen molar-refractivity contribution in [2.45, 2.75) is 25.8 Å². The van der Waals surface area contributed by atoms with E-state index in [1.807, 2.05) is 0 Å². The van der Waals surface area contributed by atoms with Crippen LogP contribution in [0.25, 0.3) is 12.2 Å². The van der Waals surface area contributed by atoms with Gasteiger partial charge in [-0.05, 0) is 18.6 Å². The average Bonchev–Trinajstić information content (AvgIpc) is 3.01.